The fraction of sp³-hybridized carbons (Fsp3) is 1.00. The molecule has 0 spiro atoms. The van der Waals surface area contributed by atoms with Crippen LogP contribution in [-0.4, -0.2) is 0 Å². The number of hydrogen-bond donors (Lipinski definition) is 0. The van der Waals surface area contributed by atoms with Crippen molar-refractivity contribution in [3.8, 4) is 0 Å². The maximum absolute atomic E-state index is 2.57. The standard InChI is InChI=1S/C26H48/c1-5-18-25(19-6-2)20-24(21-14-10-9-11-15-21)26(7-3,8-4)23-17-13-12-16-22(23)25/h21-24H,5-20H2,1-4H3. The highest BCUT2D eigenvalue weighted by molar-refractivity contribution is 5.08. The molecule has 0 N–H and O–H groups in total. The van der Waals surface area contributed by atoms with Crippen molar-refractivity contribution >= 4 is 0 Å². The van der Waals surface area contributed by atoms with E-state index >= 15 is 0 Å². The Kier molecular flexibility index (Phi) is 7.17. The summed E-state index contributed by atoms with van der Waals surface area (Å²) >= 11 is 0. The largest absolute Gasteiger partial charge is 0.0654 e. The van der Waals surface area contributed by atoms with Gasteiger partial charge in [-0.15, -0.1) is 0 Å². The molecule has 152 valence electrons. The maximum Gasteiger partial charge on any atom is -0.0240 e. The lowest BCUT2D eigenvalue weighted by Gasteiger charge is -2.64. The molecule has 26 heavy (non-hydrogen) atoms. The van der Waals surface area contributed by atoms with Gasteiger partial charge in [0.25, 0.3) is 0 Å². The molecule has 0 heteroatoms. The molecule has 0 aromatic rings. The van der Waals surface area contributed by atoms with E-state index in [1.807, 2.05) is 0 Å². The molecular weight excluding hydrogens is 312 g/mol. The van der Waals surface area contributed by atoms with Gasteiger partial charge in [-0.25, -0.2) is 0 Å². The van der Waals surface area contributed by atoms with Crippen LogP contribution in [0.15, 0.2) is 0 Å². The van der Waals surface area contributed by atoms with Crippen LogP contribution in [0.4, 0.5) is 0 Å². The number of fused-ring (bicyclic) bond motifs is 1. The molecule has 0 radical (unpaired) electrons. The zero-order valence-corrected chi connectivity index (χ0v) is 18.6. The van der Waals surface area contributed by atoms with Gasteiger partial charge in [-0.05, 0) is 79.4 Å². The van der Waals surface area contributed by atoms with E-state index in [2.05, 4.69) is 27.7 Å². The van der Waals surface area contributed by atoms with Crippen molar-refractivity contribution in [1.29, 1.82) is 0 Å². The Morgan fingerprint density at radius 2 is 1.15 bits per heavy atom. The molecule has 3 unspecified atom stereocenters. The molecule has 0 aromatic carbocycles. The average Bonchev–Trinajstić information content (AvgIpc) is 2.69. The summed E-state index contributed by atoms with van der Waals surface area (Å²) in [5, 5.41) is 0. The molecule has 3 atom stereocenters. The van der Waals surface area contributed by atoms with E-state index in [4.69, 9.17) is 0 Å². The Balaban J connectivity index is 2.01. The zero-order chi connectivity index (χ0) is 18.6. The van der Waals surface area contributed by atoms with E-state index in [0.717, 1.165) is 23.7 Å². The van der Waals surface area contributed by atoms with E-state index in [-0.39, 0.29) is 0 Å². The quantitative estimate of drug-likeness (QED) is 0.425. The fourth-order valence-electron chi connectivity index (χ4n) is 8.79. The first-order valence-corrected chi connectivity index (χ1v) is 12.7. The molecule has 0 heterocycles. The summed E-state index contributed by atoms with van der Waals surface area (Å²) in [4.78, 5) is 0. The molecule has 3 aliphatic rings. The van der Waals surface area contributed by atoms with Crippen molar-refractivity contribution in [2.24, 2.45) is 34.5 Å². The summed E-state index contributed by atoms with van der Waals surface area (Å²) < 4.78 is 0. The normalized spacial score (nSPS) is 34.4. The Labute approximate surface area is 165 Å². The second-order valence-electron chi connectivity index (χ2n) is 10.5. The SMILES string of the molecule is CCCC1(CCC)CC(C2CCCCC2)C(CC)(CC)C2CCCCC21. The summed E-state index contributed by atoms with van der Waals surface area (Å²) in [5.41, 5.74) is 1.38. The fourth-order valence-corrected chi connectivity index (χ4v) is 8.79. The third kappa shape index (κ3) is 3.53. The minimum Gasteiger partial charge on any atom is -0.0654 e. The van der Waals surface area contributed by atoms with Crippen molar-refractivity contribution < 1.29 is 0 Å². The van der Waals surface area contributed by atoms with Crippen molar-refractivity contribution in [2.45, 2.75) is 130 Å². The van der Waals surface area contributed by atoms with E-state index in [9.17, 15) is 0 Å². The van der Waals surface area contributed by atoms with E-state index in [1.54, 1.807) is 32.1 Å². The van der Waals surface area contributed by atoms with Gasteiger partial charge in [-0.2, -0.15) is 0 Å². The highest BCUT2D eigenvalue weighted by Crippen LogP contribution is 2.67. The molecule has 3 aliphatic carbocycles. The molecule has 0 amide bonds. The van der Waals surface area contributed by atoms with Crippen LogP contribution in [0, 0.1) is 34.5 Å². The molecule has 0 bridgehead atoms. The van der Waals surface area contributed by atoms with Crippen LogP contribution in [0.2, 0.25) is 0 Å². The van der Waals surface area contributed by atoms with Crippen molar-refractivity contribution in [3.05, 3.63) is 0 Å². The topological polar surface area (TPSA) is 0 Å². The van der Waals surface area contributed by atoms with Gasteiger partial charge in [0.2, 0.25) is 0 Å². The predicted octanol–water partition coefficient (Wildman–Crippen LogP) is 8.79. The lowest BCUT2D eigenvalue weighted by Crippen LogP contribution is -2.56. The van der Waals surface area contributed by atoms with E-state index < -0.39 is 0 Å². The molecule has 0 saturated heterocycles. The van der Waals surface area contributed by atoms with Crippen molar-refractivity contribution in [2.75, 3.05) is 0 Å². The molecule has 0 aliphatic heterocycles. The Hall–Kier alpha value is 0. The lowest BCUT2D eigenvalue weighted by atomic mass is 9.41. The molecular formula is C26H48. The lowest BCUT2D eigenvalue weighted by molar-refractivity contribution is -0.151. The molecule has 0 nitrogen and oxygen atoms in total. The van der Waals surface area contributed by atoms with Gasteiger partial charge < -0.3 is 0 Å². The van der Waals surface area contributed by atoms with Crippen LogP contribution in [0.5, 0.6) is 0 Å². The highest BCUT2D eigenvalue weighted by Gasteiger charge is 2.59. The first-order chi connectivity index (χ1) is 12.7. The van der Waals surface area contributed by atoms with Gasteiger partial charge in [0.1, 0.15) is 0 Å². The van der Waals surface area contributed by atoms with E-state index in [0.29, 0.717) is 10.8 Å². The Morgan fingerprint density at radius 3 is 1.69 bits per heavy atom. The monoisotopic (exact) mass is 360 g/mol. The van der Waals surface area contributed by atoms with Crippen LogP contribution in [0.25, 0.3) is 0 Å². The summed E-state index contributed by atoms with van der Waals surface area (Å²) in [6.07, 6.45) is 24.2. The van der Waals surface area contributed by atoms with Gasteiger partial charge >= 0.3 is 0 Å². The molecule has 3 saturated carbocycles. The summed E-state index contributed by atoms with van der Waals surface area (Å²) in [6, 6.07) is 0. The number of rotatable bonds is 7. The Morgan fingerprint density at radius 1 is 0.615 bits per heavy atom. The van der Waals surface area contributed by atoms with Crippen LogP contribution < -0.4 is 0 Å². The molecule has 3 rings (SSSR count). The van der Waals surface area contributed by atoms with Gasteiger partial charge in [0.05, 0.1) is 0 Å². The summed E-state index contributed by atoms with van der Waals surface area (Å²) in [6.45, 7) is 10.1. The Bertz CT molecular complexity index is 406. The van der Waals surface area contributed by atoms with Crippen molar-refractivity contribution in [1.82, 2.24) is 0 Å². The second-order valence-corrected chi connectivity index (χ2v) is 10.5. The van der Waals surface area contributed by atoms with Crippen LogP contribution in [0.1, 0.15) is 130 Å². The van der Waals surface area contributed by atoms with Gasteiger partial charge in [0.15, 0.2) is 0 Å². The van der Waals surface area contributed by atoms with E-state index in [1.165, 1.54) is 70.6 Å². The molecule has 0 aromatic heterocycles. The summed E-state index contributed by atoms with van der Waals surface area (Å²) in [5.74, 6) is 4.19. The zero-order valence-electron chi connectivity index (χ0n) is 18.6. The first-order valence-electron chi connectivity index (χ1n) is 12.7. The summed E-state index contributed by atoms with van der Waals surface area (Å²) in [7, 11) is 0. The molecule has 3 fully saturated rings. The maximum atomic E-state index is 2.57. The highest BCUT2D eigenvalue weighted by atomic mass is 14.6. The second kappa shape index (κ2) is 9.00. The first kappa shape index (κ1) is 20.7. The van der Waals surface area contributed by atoms with Crippen molar-refractivity contribution in [3.63, 3.8) is 0 Å². The smallest absolute Gasteiger partial charge is 0.0240 e. The van der Waals surface area contributed by atoms with Crippen LogP contribution in [-0.2, 0) is 0 Å². The van der Waals surface area contributed by atoms with Crippen LogP contribution >= 0.6 is 0 Å². The third-order valence-electron chi connectivity index (χ3n) is 9.69. The van der Waals surface area contributed by atoms with Gasteiger partial charge in [-0.1, -0.05) is 85.5 Å². The van der Waals surface area contributed by atoms with Gasteiger partial charge in [0, 0.05) is 0 Å². The minimum absolute atomic E-state index is 0.679. The average molecular weight is 361 g/mol. The third-order valence-corrected chi connectivity index (χ3v) is 9.69. The van der Waals surface area contributed by atoms with Gasteiger partial charge in [-0.3, -0.25) is 0 Å². The van der Waals surface area contributed by atoms with Crippen LogP contribution in [0.3, 0.4) is 0 Å². The number of hydrogen-bond acceptors (Lipinski definition) is 0. The minimum atomic E-state index is 0.679. The predicted molar refractivity (Wildman–Crippen MR) is 115 cm³/mol.